The fourth-order valence-electron chi connectivity index (χ4n) is 0.576. The number of amides is 1. The van der Waals surface area contributed by atoms with E-state index in [1.165, 1.54) is 0 Å². The van der Waals surface area contributed by atoms with Crippen LogP contribution in [0.4, 0.5) is 0 Å². The van der Waals surface area contributed by atoms with Crippen LogP contribution in [-0.4, -0.2) is 23.2 Å². The van der Waals surface area contributed by atoms with Crippen LogP contribution in [0.5, 0.6) is 0 Å². The molecular formula is C6H14N2O2. The van der Waals surface area contributed by atoms with Gasteiger partial charge in [0.2, 0.25) is 5.91 Å². The Morgan fingerprint density at radius 3 is 2.50 bits per heavy atom. The molecule has 2 atom stereocenters. The van der Waals surface area contributed by atoms with Gasteiger partial charge in [-0.05, 0) is 12.8 Å². The Bertz CT molecular complexity index is 116. The first-order valence-corrected chi connectivity index (χ1v) is 3.30. The molecule has 5 N–H and O–H groups in total. The number of hydrogen-bond acceptors (Lipinski definition) is 3. The minimum absolute atomic E-state index is 0.256. The van der Waals surface area contributed by atoms with Gasteiger partial charge in [-0.25, -0.2) is 0 Å². The molecule has 0 aromatic carbocycles. The van der Waals surface area contributed by atoms with Crippen molar-refractivity contribution in [3.05, 3.63) is 0 Å². The van der Waals surface area contributed by atoms with Gasteiger partial charge in [0.25, 0.3) is 0 Å². The zero-order chi connectivity index (χ0) is 8.15. The van der Waals surface area contributed by atoms with Crippen molar-refractivity contribution < 1.29 is 9.90 Å². The molecule has 0 fully saturated rings. The molecule has 1 amide bonds. The van der Waals surface area contributed by atoms with Gasteiger partial charge in [-0.1, -0.05) is 6.92 Å². The standard InChI is InChI=1S/C6H14N2O2/c1-2-4(9)3-5(7)6(8)10/h4-5,9H,2-3,7H2,1H3,(H2,8,10). The summed E-state index contributed by atoms with van der Waals surface area (Å²) in [5, 5.41) is 8.99. The first-order valence-electron chi connectivity index (χ1n) is 3.30. The smallest absolute Gasteiger partial charge is 0.234 e. The van der Waals surface area contributed by atoms with Gasteiger partial charge in [-0.2, -0.15) is 0 Å². The number of primary amides is 1. The average molecular weight is 146 g/mol. The zero-order valence-electron chi connectivity index (χ0n) is 6.08. The van der Waals surface area contributed by atoms with Crippen LogP contribution in [0, 0.1) is 0 Å². The molecule has 10 heavy (non-hydrogen) atoms. The van der Waals surface area contributed by atoms with Gasteiger partial charge in [0.15, 0.2) is 0 Å². The van der Waals surface area contributed by atoms with Crippen LogP contribution in [0.25, 0.3) is 0 Å². The molecule has 4 nitrogen and oxygen atoms in total. The largest absolute Gasteiger partial charge is 0.393 e. The van der Waals surface area contributed by atoms with Crippen molar-refractivity contribution in [1.29, 1.82) is 0 Å². The molecule has 0 rings (SSSR count). The molecule has 0 saturated heterocycles. The van der Waals surface area contributed by atoms with Crippen molar-refractivity contribution in [3.63, 3.8) is 0 Å². The van der Waals surface area contributed by atoms with Gasteiger partial charge >= 0.3 is 0 Å². The molecule has 0 aromatic heterocycles. The maximum absolute atomic E-state index is 10.3. The maximum Gasteiger partial charge on any atom is 0.234 e. The fraction of sp³-hybridized carbons (Fsp3) is 0.833. The molecule has 0 aliphatic carbocycles. The monoisotopic (exact) mass is 146 g/mol. The third kappa shape index (κ3) is 3.42. The van der Waals surface area contributed by atoms with E-state index in [1.54, 1.807) is 0 Å². The number of rotatable bonds is 4. The highest BCUT2D eigenvalue weighted by molar-refractivity contribution is 5.79. The van der Waals surface area contributed by atoms with Gasteiger partial charge in [-0.3, -0.25) is 4.79 Å². The second kappa shape index (κ2) is 4.24. The van der Waals surface area contributed by atoms with Gasteiger partial charge in [-0.15, -0.1) is 0 Å². The topological polar surface area (TPSA) is 89.3 Å². The predicted molar refractivity (Wildman–Crippen MR) is 38.1 cm³/mol. The Labute approximate surface area is 60.2 Å². The second-order valence-corrected chi connectivity index (χ2v) is 2.31. The molecule has 0 spiro atoms. The quantitative estimate of drug-likeness (QED) is 0.473. The van der Waals surface area contributed by atoms with Crippen LogP contribution in [0.1, 0.15) is 19.8 Å². The fourth-order valence-corrected chi connectivity index (χ4v) is 0.576. The lowest BCUT2D eigenvalue weighted by atomic mass is 10.1. The van der Waals surface area contributed by atoms with Crippen LogP contribution in [0.3, 0.4) is 0 Å². The Morgan fingerprint density at radius 1 is 1.70 bits per heavy atom. The second-order valence-electron chi connectivity index (χ2n) is 2.31. The Hall–Kier alpha value is -0.610. The van der Waals surface area contributed by atoms with E-state index in [0.29, 0.717) is 6.42 Å². The molecule has 60 valence electrons. The summed E-state index contributed by atoms with van der Waals surface area (Å²) in [6.45, 7) is 1.82. The van der Waals surface area contributed by atoms with Gasteiger partial charge in [0.1, 0.15) is 0 Å². The van der Waals surface area contributed by atoms with E-state index in [0.717, 1.165) is 0 Å². The minimum Gasteiger partial charge on any atom is -0.393 e. The molecule has 0 radical (unpaired) electrons. The van der Waals surface area contributed by atoms with Crippen molar-refractivity contribution in [2.45, 2.75) is 31.9 Å². The average Bonchev–Trinajstić information content (AvgIpc) is 1.87. The van der Waals surface area contributed by atoms with E-state index in [2.05, 4.69) is 0 Å². The molecule has 2 unspecified atom stereocenters. The Kier molecular flexibility index (Phi) is 3.99. The highest BCUT2D eigenvalue weighted by Gasteiger charge is 2.12. The summed E-state index contributed by atoms with van der Waals surface area (Å²) < 4.78 is 0. The van der Waals surface area contributed by atoms with Crippen molar-refractivity contribution in [3.8, 4) is 0 Å². The molecule has 0 heterocycles. The summed E-state index contributed by atoms with van der Waals surface area (Å²) in [7, 11) is 0. The zero-order valence-corrected chi connectivity index (χ0v) is 6.08. The Balaban J connectivity index is 3.56. The van der Waals surface area contributed by atoms with Gasteiger partial charge < -0.3 is 16.6 Å². The highest BCUT2D eigenvalue weighted by Crippen LogP contribution is 1.98. The number of aliphatic hydroxyl groups is 1. The lowest BCUT2D eigenvalue weighted by Crippen LogP contribution is -2.38. The summed E-state index contributed by atoms with van der Waals surface area (Å²) >= 11 is 0. The van der Waals surface area contributed by atoms with E-state index in [4.69, 9.17) is 16.6 Å². The third-order valence-electron chi connectivity index (χ3n) is 1.36. The normalized spacial score (nSPS) is 16.3. The van der Waals surface area contributed by atoms with E-state index in [-0.39, 0.29) is 6.42 Å². The molecule has 0 aliphatic rings. The van der Waals surface area contributed by atoms with Crippen molar-refractivity contribution >= 4 is 5.91 Å². The minimum atomic E-state index is -0.713. The first-order chi connectivity index (χ1) is 4.57. The molecule has 0 aliphatic heterocycles. The highest BCUT2D eigenvalue weighted by atomic mass is 16.3. The molecular weight excluding hydrogens is 132 g/mol. The summed E-state index contributed by atoms with van der Waals surface area (Å²) in [5.74, 6) is -0.562. The van der Waals surface area contributed by atoms with Gasteiger partial charge in [0.05, 0.1) is 12.1 Å². The first kappa shape index (κ1) is 9.39. The van der Waals surface area contributed by atoms with Gasteiger partial charge in [0, 0.05) is 0 Å². The Morgan fingerprint density at radius 2 is 2.20 bits per heavy atom. The van der Waals surface area contributed by atoms with E-state index >= 15 is 0 Å². The van der Waals surface area contributed by atoms with Crippen LogP contribution < -0.4 is 11.5 Å². The number of aliphatic hydroxyl groups excluding tert-OH is 1. The third-order valence-corrected chi connectivity index (χ3v) is 1.36. The van der Waals surface area contributed by atoms with Crippen molar-refractivity contribution in [1.82, 2.24) is 0 Å². The van der Waals surface area contributed by atoms with E-state index < -0.39 is 18.1 Å². The van der Waals surface area contributed by atoms with Crippen LogP contribution in [0.15, 0.2) is 0 Å². The number of carbonyl (C=O) groups is 1. The predicted octanol–water partition coefficient (Wildman–Crippen LogP) is -1.04. The molecule has 0 aromatic rings. The van der Waals surface area contributed by atoms with Crippen LogP contribution in [-0.2, 0) is 4.79 Å². The maximum atomic E-state index is 10.3. The molecule has 4 heteroatoms. The lowest BCUT2D eigenvalue weighted by Gasteiger charge is -2.10. The summed E-state index contributed by atoms with van der Waals surface area (Å²) in [6.07, 6.45) is 0.342. The number of hydrogen-bond donors (Lipinski definition) is 3. The van der Waals surface area contributed by atoms with E-state index in [9.17, 15) is 4.79 Å². The molecule has 0 bridgehead atoms. The summed E-state index contributed by atoms with van der Waals surface area (Å²) in [4.78, 5) is 10.3. The van der Waals surface area contributed by atoms with Crippen LogP contribution >= 0.6 is 0 Å². The summed E-state index contributed by atoms with van der Waals surface area (Å²) in [6, 6.07) is -0.713. The SMILES string of the molecule is CCC(O)CC(N)C(N)=O. The molecule has 0 saturated carbocycles. The number of nitrogens with two attached hydrogens (primary N) is 2. The van der Waals surface area contributed by atoms with Crippen molar-refractivity contribution in [2.24, 2.45) is 11.5 Å². The van der Waals surface area contributed by atoms with Crippen molar-refractivity contribution in [2.75, 3.05) is 0 Å². The van der Waals surface area contributed by atoms with Crippen LogP contribution in [0.2, 0.25) is 0 Å². The van der Waals surface area contributed by atoms with E-state index in [1.807, 2.05) is 6.92 Å². The lowest BCUT2D eigenvalue weighted by molar-refractivity contribution is -0.119. The summed E-state index contributed by atoms with van der Waals surface area (Å²) in [5.41, 5.74) is 10.1. The number of carbonyl (C=O) groups excluding carboxylic acids is 1.